The van der Waals surface area contributed by atoms with Crippen molar-refractivity contribution in [2.75, 3.05) is 23.3 Å². The van der Waals surface area contributed by atoms with Crippen molar-refractivity contribution in [2.45, 2.75) is 32.6 Å². The molecule has 2 aromatic carbocycles. The maximum Gasteiger partial charge on any atom is 0.295 e. The monoisotopic (exact) mass is 355 g/mol. The Bertz CT molecular complexity index is 868. The Kier molecular flexibility index (Phi) is 4.51. The molecule has 5 nitrogen and oxygen atoms in total. The molecule has 1 saturated heterocycles. The number of aromatic nitrogens is 1. The van der Waals surface area contributed by atoms with Gasteiger partial charge in [0.15, 0.2) is 5.58 Å². The Balaban J connectivity index is 1.45. The molecule has 0 radical (unpaired) electrons. The minimum atomic E-state index is -0.219. The fourth-order valence-corrected chi connectivity index (χ4v) is 3.42. The fourth-order valence-electron chi connectivity index (χ4n) is 3.42. The number of ether oxygens (including phenoxy) is 1. The highest BCUT2D eigenvalue weighted by Gasteiger charge is 2.24. The van der Waals surface area contributed by atoms with Crippen LogP contribution < -0.4 is 10.2 Å². The Morgan fingerprint density at radius 3 is 2.65 bits per heavy atom. The van der Waals surface area contributed by atoms with Gasteiger partial charge in [0.25, 0.3) is 6.01 Å². The van der Waals surface area contributed by atoms with Crippen molar-refractivity contribution in [3.63, 3.8) is 0 Å². The van der Waals surface area contributed by atoms with Crippen LogP contribution in [0.25, 0.3) is 11.1 Å². The molecule has 6 heteroatoms. The largest absolute Gasteiger partial charge is 0.424 e. The van der Waals surface area contributed by atoms with Crippen LogP contribution in [0, 0.1) is 5.82 Å². The first-order valence-corrected chi connectivity index (χ1v) is 8.87. The molecule has 2 atom stereocenters. The number of benzene rings is 2. The lowest BCUT2D eigenvalue weighted by Gasteiger charge is -2.37. The molecular formula is C20H22FN3O2. The maximum absolute atomic E-state index is 14.6. The number of fused-ring (bicyclic) bond motifs is 1. The number of nitrogens with zero attached hydrogens (tertiary/aromatic N) is 2. The summed E-state index contributed by atoms with van der Waals surface area (Å²) < 4.78 is 26.0. The van der Waals surface area contributed by atoms with Crippen LogP contribution in [0.4, 0.5) is 16.1 Å². The van der Waals surface area contributed by atoms with Gasteiger partial charge in [0.2, 0.25) is 0 Å². The third-order valence-electron chi connectivity index (χ3n) is 4.51. The summed E-state index contributed by atoms with van der Waals surface area (Å²) in [6.07, 6.45) is 0.192. The van der Waals surface area contributed by atoms with Gasteiger partial charge in [0, 0.05) is 19.6 Å². The van der Waals surface area contributed by atoms with E-state index in [9.17, 15) is 4.39 Å². The van der Waals surface area contributed by atoms with E-state index in [0.29, 0.717) is 31.3 Å². The quantitative estimate of drug-likeness (QED) is 0.760. The maximum atomic E-state index is 14.6. The number of anilines is 2. The molecule has 0 bridgehead atoms. The molecule has 0 spiro atoms. The van der Waals surface area contributed by atoms with Crippen LogP contribution >= 0.6 is 0 Å². The van der Waals surface area contributed by atoms with Gasteiger partial charge in [-0.1, -0.05) is 18.2 Å². The van der Waals surface area contributed by atoms with Gasteiger partial charge in [-0.05, 0) is 43.7 Å². The van der Waals surface area contributed by atoms with Crippen LogP contribution in [-0.4, -0.2) is 30.3 Å². The predicted octanol–water partition coefficient (Wildman–Crippen LogP) is 4.19. The van der Waals surface area contributed by atoms with E-state index >= 15 is 0 Å². The molecular weight excluding hydrogens is 333 g/mol. The molecule has 0 amide bonds. The smallest absolute Gasteiger partial charge is 0.295 e. The second-order valence-corrected chi connectivity index (χ2v) is 6.79. The van der Waals surface area contributed by atoms with Crippen molar-refractivity contribution < 1.29 is 13.5 Å². The average molecular weight is 355 g/mol. The number of hydrogen-bond donors (Lipinski definition) is 1. The normalized spacial score (nSPS) is 20.5. The zero-order valence-electron chi connectivity index (χ0n) is 14.9. The highest BCUT2D eigenvalue weighted by molar-refractivity contribution is 5.74. The highest BCUT2D eigenvalue weighted by Crippen LogP contribution is 2.25. The van der Waals surface area contributed by atoms with Gasteiger partial charge in [-0.15, -0.1) is 0 Å². The topological polar surface area (TPSA) is 50.5 Å². The van der Waals surface area contributed by atoms with E-state index in [0.717, 1.165) is 16.7 Å². The minimum absolute atomic E-state index is 0.0960. The summed E-state index contributed by atoms with van der Waals surface area (Å²) in [5, 5.41) is 3.11. The summed E-state index contributed by atoms with van der Waals surface area (Å²) in [7, 11) is 0. The summed E-state index contributed by atoms with van der Waals surface area (Å²) in [4.78, 5) is 6.41. The Labute approximate surface area is 151 Å². The molecule has 1 aliphatic heterocycles. The number of nitrogens with one attached hydrogen (secondary N) is 1. The number of rotatable bonds is 4. The second kappa shape index (κ2) is 6.96. The van der Waals surface area contributed by atoms with Gasteiger partial charge < -0.3 is 19.4 Å². The molecule has 1 aromatic heterocycles. The molecule has 136 valence electrons. The summed E-state index contributed by atoms with van der Waals surface area (Å²) in [5.74, 6) is -0.219. The average Bonchev–Trinajstić information content (AvgIpc) is 3.02. The Morgan fingerprint density at radius 1 is 1.15 bits per heavy atom. The fraction of sp³-hybridized carbons (Fsp3) is 0.350. The summed E-state index contributed by atoms with van der Waals surface area (Å²) in [6, 6.07) is 13.3. The molecule has 1 fully saturated rings. The predicted molar refractivity (Wildman–Crippen MR) is 100.0 cm³/mol. The molecule has 1 aliphatic rings. The molecule has 3 aromatic rings. The zero-order valence-corrected chi connectivity index (χ0v) is 14.9. The SMILES string of the molecule is C[C@H]1CN(c2ccc(CNc3nc4ccccc4o3)cc2F)C[C@H](C)O1. The number of halogens is 1. The summed E-state index contributed by atoms with van der Waals surface area (Å²) >= 11 is 0. The Morgan fingerprint density at radius 2 is 1.92 bits per heavy atom. The molecule has 0 saturated carbocycles. The Hall–Kier alpha value is -2.60. The van der Waals surface area contributed by atoms with Crippen molar-refractivity contribution in [3.8, 4) is 0 Å². The van der Waals surface area contributed by atoms with Gasteiger partial charge in [0.1, 0.15) is 11.3 Å². The molecule has 0 aliphatic carbocycles. The first kappa shape index (κ1) is 16.8. The van der Waals surface area contributed by atoms with Gasteiger partial charge in [-0.3, -0.25) is 0 Å². The summed E-state index contributed by atoms with van der Waals surface area (Å²) in [5.41, 5.74) is 2.99. The van der Waals surface area contributed by atoms with Crippen LogP contribution in [0.1, 0.15) is 19.4 Å². The minimum Gasteiger partial charge on any atom is -0.424 e. The van der Waals surface area contributed by atoms with E-state index in [1.54, 1.807) is 6.07 Å². The van der Waals surface area contributed by atoms with Crippen molar-refractivity contribution in [2.24, 2.45) is 0 Å². The van der Waals surface area contributed by atoms with E-state index < -0.39 is 0 Å². The molecule has 2 heterocycles. The van der Waals surface area contributed by atoms with Crippen molar-refractivity contribution in [3.05, 3.63) is 53.8 Å². The van der Waals surface area contributed by atoms with E-state index in [1.165, 1.54) is 0 Å². The van der Waals surface area contributed by atoms with Gasteiger partial charge in [-0.25, -0.2) is 4.39 Å². The third-order valence-corrected chi connectivity index (χ3v) is 4.51. The third kappa shape index (κ3) is 3.51. The lowest BCUT2D eigenvalue weighted by atomic mass is 10.1. The second-order valence-electron chi connectivity index (χ2n) is 6.79. The van der Waals surface area contributed by atoms with Crippen LogP contribution in [0.5, 0.6) is 0 Å². The van der Waals surface area contributed by atoms with Crippen LogP contribution in [0.2, 0.25) is 0 Å². The first-order valence-electron chi connectivity index (χ1n) is 8.87. The highest BCUT2D eigenvalue weighted by atomic mass is 19.1. The van der Waals surface area contributed by atoms with Gasteiger partial charge >= 0.3 is 0 Å². The number of oxazole rings is 1. The molecule has 4 rings (SSSR count). The van der Waals surface area contributed by atoms with Crippen LogP contribution in [0.15, 0.2) is 46.9 Å². The standard InChI is InChI=1S/C20H22FN3O2/c1-13-11-24(12-14(2)25-13)18-8-7-15(9-16(18)21)10-22-20-23-17-5-3-4-6-19(17)26-20/h3-9,13-14H,10-12H2,1-2H3,(H,22,23)/t13-,14-/m0/s1. The van der Waals surface area contributed by atoms with Crippen molar-refractivity contribution in [1.29, 1.82) is 0 Å². The van der Waals surface area contributed by atoms with Crippen LogP contribution in [-0.2, 0) is 11.3 Å². The number of morpholine rings is 1. The lowest BCUT2D eigenvalue weighted by molar-refractivity contribution is -0.00539. The van der Waals surface area contributed by atoms with Gasteiger partial charge in [0.05, 0.1) is 17.9 Å². The van der Waals surface area contributed by atoms with Crippen molar-refractivity contribution in [1.82, 2.24) is 4.98 Å². The number of para-hydroxylation sites is 2. The van der Waals surface area contributed by atoms with E-state index in [2.05, 4.69) is 10.3 Å². The van der Waals surface area contributed by atoms with Gasteiger partial charge in [-0.2, -0.15) is 4.98 Å². The molecule has 0 unspecified atom stereocenters. The molecule has 1 N–H and O–H groups in total. The van der Waals surface area contributed by atoms with Crippen LogP contribution in [0.3, 0.4) is 0 Å². The summed E-state index contributed by atoms with van der Waals surface area (Å²) in [6.45, 7) is 5.86. The van der Waals surface area contributed by atoms with Crippen molar-refractivity contribution >= 4 is 22.8 Å². The zero-order chi connectivity index (χ0) is 18.1. The lowest BCUT2D eigenvalue weighted by Crippen LogP contribution is -2.45. The first-order chi connectivity index (χ1) is 12.6. The number of hydrogen-bond acceptors (Lipinski definition) is 5. The van der Waals surface area contributed by atoms with E-state index in [1.807, 2.05) is 55.1 Å². The molecule has 26 heavy (non-hydrogen) atoms. The van der Waals surface area contributed by atoms with E-state index in [4.69, 9.17) is 9.15 Å². The van der Waals surface area contributed by atoms with E-state index in [-0.39, 0.29) is 18.0 Å².